The third-order valence-electron chi connectivity index (χ3n) is 8.30. The summed E-state index contributed by atoms with van der Waals surface area (Å²) in [6, 6.07) is -1.63. The van der Waals surface area contributed by atoms with E-state index in [9.17, 15) is 19.5 Å². The predicted octanol–water partition coefficient (Wildman–Crippen LogP) is 3.09. The van der Waals surface area contributed by atoms with Gasteiger partial charge in [-0.2, -0.15) is 0 Å². The number of amides is 2. The Bertz CT molecular complexity index is 872. The average Bonchev–Trinajstić information content (AvgIpc) is 3.38. The van der Waals surface area contributed by atoms with Crippen molar-refractivity contribution in [2.75, 3.05) is 19.8 Å². The molecule has 202 valence electrons. The smallest absolute Gasteiger partial charge is 0.312 e. The fourth-order valence-corrected chi connectivity index (χ4v) is 6.48. The number of ether oxygens (including phenoxy) is 2. The van der Waals surface area contributed by atoms with Gasteiger partial charge in [0.2, 0.25) is 11.8 Å². The SMILES string of the molecule is C=CCCCCOC(=O)[C@@H]1[C@H]2C(=O)N([C@@H](CO)C(C)C)C(C(=O)N(CC=C)C(C)C)C23CC[C@@]1(C)O3. The molecule has 3 aliphatic heterocycles. The van der Waals surface area contributed by atoms with Crippen molar-refractivity contribution in [2.24, 2.45) is 17.8 Å². The number of rotatable bonds is 13. The first-order valence-electron chi connectivity index (χ1n) is 13.3. The van der Waals surface area contributed by atoms with Crippen LogP contribution in [0, 0.1) is 17.8 Å². The number of aliphatic hydroxyl groups excluding tert-OH is 1. The van der Waals surface area contributed by atoms with Crippen molar-refractivity contribution >= 4 is 17.8 Å². The summed E-state index contributed by atoms with van der Waals surface area (Å²) in [6.07, 6.45) is 6.97. The van der Waals surface area contributed by atoms with Gasteiger partial charge in [0.05, 0.1) is 30.8 Å². The van der Waals surface area contributed by atoms with Crippen LogP contribution in [-0.4, -0.2) is 81.8 Å². The van der Waals surface area contributed by atoms with Gasteiger partial charge >= 0.3 is 5.97 Å². The molecule has 3 rings (SSSR count). The van der Waals surface area contributed by atoms with E-state index in [4.69, 9.17) is 9.47 Å². The number of esters is 1. The molecule has 0 aromatic carbocycles. The Morgan fingerprint density at radius 1 is 1.22 bits per heavy atom. The lowest BCUT2D eigenvalue weighted by atomic mass is 9.66. The zero-order valence-corrected chi connectivity index (χ0v) is 22.6. The van der Waals surface area contributed by atoms with Crippen LogP contribution < -0.4 is 0 Å². The van der Waals surface area contributed by atoms with Gasteiger partial charge in [-0.3, -0.25) is 14.4 Å². The van der Waals surface area contributed by atoms with E-state index < -0.39 is 41.1 Å². The van der Waals surface area contributed by atoms with Crippen LogP contribution in [0.3, 0.4) is 0 Å². The third kappa shape index (κ3) is 4.62. The molecule has 2 unspecified atom stereocenters. The molecule has 0 aromatic heterocycles. The van der Waals surface area contributed by atoms with E-state index in [1.807, 2.05) is 40.7 Å². The van der Waals surface area contributed by atoms with Gasteiger partial charge in [-0.1, -0.05) is 26.0 Å². The Kier molecular flexibility index (Phi) is 8.71. The largest absolute Gasteiger partial charge is 0.465 e. The maximum Gasteiger partial charge on any atom is 0.312 e. The summed E-state index contributed by atoms with van der Waals surface area (Å²) < 4.78 is 12.3. The molecular weight excluding hydrogens is 460 g/mol. The molecule has 3 heterocycles. The van der Waals surface area contributed by atoms with E-state index in [1.165, 1.54) is 4.90 Å². The van der Waals surface area contributed by atoms with E-state index >= 15 is 0 Å². The number of carbonyl (C=O) groups excluding carboxylic acids is 3. The molecule has 1 spiro atoms. The number of likely N-dealkylation sites (tertiary alicyclic amines) is 1. The van der Waals surface area contributed by atoms with Crippen molar-refractivity contribution in [1.29, 1.82) is 0 Å². The molecule has 8 heteroatoms. The van der Waals surface area contributed by atoms with Gasteiger partial charge in [0.15, 0.2) is 0 Å². The lowest BCUT2D eigenvalue weighted by Gasteiger charge is -2.41. The number of allylic oxidation sites excluding steroid dienone is 1. The fourth-order valence-electron chi connectivity index (χ4n) is 6.48. The van der Waals surface area contributed by atoms with Crippen LogP contribution >= 0.6 is 0 Å². The summed E-state index contributed by atoms with van der Waals surface area (Å²) in [7, 11) is 0. The second kappa shape index (κ2) is 11.1. The zero-order chi connectivity index (χ0) is 26.8. The lowest BCUT2D eigenvalue weighted by Crippen LogP contribution is -2.60. The first-order valence-corrected chi connectivity index (χ1v) is 13.3. The summed E-state index contributed by atoms with van der Waals surface area (Å²) in [5.41, 5.74) is -2.01. The first-order chi connectivity index (χ1) is 17.0. The highest BCUT2D eigenvalue weighted by molar-refractivity contribution is 5.98. The first kappa shape index (κ1) is 28.4. The highest BCUT2D eigenvalue weighted by Gasteiger charge is 2.79. The van der Waals surface area contributed by atoms with Gasteiger partial charge < -0.3 is 24.4 Å². The molecule has 0 aromatic rings. The molecule has 8 nitrogen and oxygen atoms in total. The number of fused-ring (bicyclic) bond motifs is 1. The fraction of sp³-hybridized carbons (Fsp3) is 0.750. The van der Waals surface area contributed by atoms with Crippen molar-refractivity contribution in [3.8, 4) is 0 Å². The molecule has 1 N–H and O–H groups in total. The second-order valence-corrected chi connectivity index (χ2v) is 11.3. The van der Waals surface area contributed by atoms with Crippen molar-refractivity contribution in [3.05, 3.63) is 25.3 Å². The quantitative estimate of drug-likeness (QED) is 0.235. The zero-order valence-electron chi connectivity index (χ0n) is 22.6. The summed E-state index contributed by atoms with van der Waals surface area (Å²) in [5, 5.41) is 10.3. The Morgan fingerprint density at radius 3 is 2.47 bits per heavy atom. The van der Waals surface area contributed by atoms with E-state index in [1.54, 1.807) is 11.0 Å². The predicted molar refractivity (Wildman–Crippen MR) is 137 cm³/mol. The summed E-state index contributed by atoms with van der Waals surface area (Å²) >= 11 is 0. The van der Waals surface area contributed by atoms with Crippen LogP contribution in [0.2, 0.25) is 0 Å². The van der Waals surface area contributed by atoms with Gasteiger partial charge in [-0.25, -0.2) is 0 Å². The van der Waals surface area contributed by atoms with E-state index in [2.05, 4.69) is 13.2 Å². The Morgan fingerprint density at radius 2 is 1.92 bits per heavy atom. The Balaban J connectivity index is 2.02. The van der Waals surface area contributed by atoms with Gasteiger partial charge in [0.25, 0.3) is 0 Å². The number of hydrogen-bond donors (Lipinski definition) is 1. The highest BCUT2D eigenvalue weighted by Crippen LogP contribution is 2.64. The molecule has 6 atom stereocenters. The van der Waals surface area contributed by atoms with Crippen molar-refractivity contribution in [1.82, 2.24) is 9.80 Å². The third-order valence-corrected chi connectivity index (χ3v) is 8.30. The minimum atomic E-state index is -1.13. The van der Waals surface area contributed by atoms with E-state index in [0.29, 0.717) is 25.8 Å². The van der Waals surface area contributed by atoms with Crippen molar-refractivity contribution < 1.29 is 29.0 Å². The van der Waals surface area contributed by atoms with Crippen LogP contribution in [0.15, 0.2) is 25.3 Å². The average molecular weight is 505 g/mol. The minimum absolute atomic E-state index is 0.0978. The number of aliphatic hydroxyl groups is 1. The normalized spacial score (nSPS) is 31.6. The van der Waals surface area contributed by atoms with E-state index in [-0.39, 0.29) is 37.0 Å². The van der Waals surface area contributed by atoms with Crippen molar-refractivity contribution in [3.63, 3.8) is 0 Å². The number of nitrogens with zero attached hydrogens (tertiary/aromatic N) is 2. The number of unbranched alkanes of at least 4 members (excludes halogenated alkanes) is 2. The molecule has 3 fully saturated rings. The van der Waals surface area contributed by atoms with Crippen LogP contribution in [0.1, 0.15) is 66.7 Å². The van der Waals surface area contributed by atoms with Crippen LogP contribution in [-0.2, 0) is 23.9 Å². The van der Waals surface area contributed by atoms with Crippen LogP contribution in [0.4, 0.5) is 0 Å². The van der Waals surface area contributed by atoms with Gasteiger partial charge in [-0.05, 0) is 58.8 Å². The van der Waals surface area contributed by atoms with Gasteiger partial charge in [0.1, 0.15) is 17.6 Å². The standard InChI is InChI=1S/C28H44N2O6/c1-8-10-11-12-16-35-26(34)22-21-24(32)30(20(17-31)18(3)4)23(25(33)29(15-9-2)19(5)6)28(21)14-13-27(22,7)36-28/h8-9,18-23,31H,1-2,10-17H2,3-7H3/t20-,21-,22-,23?,27+,28?/m0/s1. The summed E-state index contributed by atoms with van der Waals surface area (Å²) in [6.45, 7) is 17.4. The molecule has 3 aliphatic rings. The molecule has 36 heavy (non-hydrogen) atoms. The summed E-state index contributed by atoms with van der Waals surface area (Å²) in [4.78, 5) is 44.9. The van der Waals surface area contributed by atoms with Gasteiger partial charge in [-0.15, -0.1) is 13.2 Å². The molecule has 0 aliphatic carbocycles. The molecule has 3 saturated heterocycles. The lowest BCUT2D eigenvalue weighted by molar-refractivity contribution is -0.163. The maximum atomic E-state index is 14.2. The number of carbonyl (C=O) groups is 3. The molecule has 2 bridgehead atoms. The molecule has 2 amide bonds. The molecule has 0 saturated carbocycles. The van der Waals surface area contributed by atoms with Gasteiger partial charge in [0, 0.05) is 12.6 Å². The number of hydrogen-bond acceptors (Lipinski definition) is 6. The monoisotopic (exact) mass is 504 g/mol. The molecule has 0 radical (unpaired) electrons. The van der Waals surface area contributed by atoms with E-state index in [0.717, 1.165) is 12.8 Å². The second-order valence-electron chi connectivity index (χ2n) is 11.3. The minimum Gasteiger partial charge on any atom is -0.465 e. The maximum absolute atomic E-state index is 14.2. The molecular formula is C28H44N2O6. The highest BCUT2D eigenvalue weighted by atomic mass is 16.6. The Hall–Kier alpha value is -2.19. The summed E-state index contributed by atoms with van der Waals surface area (Å²) in [5.74, 6) is -2.70. The Labute approximate surface area is 215 Å². The van der Waals surface area contributed by atoms with Crippen molar-refractivity contribution in [2.45, 2.75) is 96.1 Å². The van der Waals surface area contributed by atoms with Crippen LogP contribution in [0.25, 0.3) is 0 Å². The topological polar surface area (TPSA) is 96.4 Å². The van der Waals surface area contributed by atoms with Crippen LogP contribution in [0.5, 0.6) is 0 Å².